The second kappa shape index (κ2) is 14.4. The van der Waals surface area contributed by atoms with Crippen LogP contribution in [0, 0.1) is 29.6 Å². The number of amides is 1. The van der Waals surface area contributed by atoms with Crippen LogP contribution in [0.25, 0.3) is 10.8 Å². The predicted octanol–water partition coefficient (Wildman–Crippen LogP) is 4.58. The zero-order valence-corrected chi connectivity index (χ0v) is 27.5. The van der Waals surface area contributed by atoms with Gasteiger partial charge in [-0.15, -0.1) is 0 Å². The summed E-state index contributed by atoms with van der Waals surface area (Å²) in [5, 5.41) is 22.8. The molecule has 10 heteroatoms. The third kappa shape index (κ3) is 6.62. The van der Waals surface area contributed by atoms with Crippen molar-refractivity contribution in [2.45, 2.75) is 51.3 Å². The Bertz CT molecular complexity index is 1710. The van der Waals surface area contributed by atoms with Crippen molar-refractivity contribution in [1.29, 1.82) is 10.5 Å². The number of benzene rings is 2. The smallest absolute Gasteiger partial charge is 0.246 e. The third-order valence-electron chi connectivity index (χ3n) is 9.85. The number of piperidine rings is 1. The van der Waals surface area contributed by atoms with E-state index >= 15 is 0 Å². The number of piperazine rings is 1. The van der Waals surface area contributed by atoms with E-state index in [1.807, 2.05) is 0 Å². The fraction of sp³-hybridized carbons (Fsp3) is 0.459. The number of anilines is 2. The maximum atomic E-state index is 12.7. The molecule has 2 fully saturated rings. The molecule has 3 aromatic rings. The Morgan fingerprint density at radius 2 is 1.87 bits per heavy atom. The standard InChI is InChI=1S/C37H43N7O3/c1-4-34(45)44-20-19-43(24-28(44)11-15-38)36-30-14-18-42(33-10-6-9-27-8-5-7-26(2)35(27)33)25-32(30)40-37(31(36)23-39)47-29-12-16-41(17-13-29)21-22-46-3/h4-10,28-29H,1,11-14,16-22,24-25H2,2-3H3/t28-/m0/s1. The molecule has 0 aliphatic carbocycles. The molecule has 2 saturated heterocycles. The third-order valence-corrected chi connectivity index (χ3v) is 9.85. The van der Waals surface area contributed by atoms with Crippen LogP contribution in [0.3, 0.4) is 0 Å². The Balaban J connectivity index is 1.37. The molecule has 4 heterocycles. The Hall–Kier alpha value is -4.64. The number of likely N-dealkylation sites (tertiary alicyclic amines) is 1. The highest BCUT2D eigenvalue weighted by Gasteiger charge is 2.35. The molecular formula is C37H43N7O3. The molecular weight excluding hydrogens is 590 g/mol. The molecule has 47 heavy (non-hydrogen) atoms. The Morgan fingerprint density at radius 3 is 2.60 bits per heavy atom. The first-order chi connectivity index (χ1) is 22.9. The number of methoxy groups -OCH3 is 1. The van der Waals surface area contributed by atoms with E-state index < -0.39 is 0 Å². The normalized spacial score (nSPS) is 18.8. The van der Waals surface area contributed by atoms with Gasteiger partial charge in [-0.25, -0.2) is 4.98 Å². The number of carbonyl (C=O) groups excluding carboxylic acids is 1. The van der Waals surface area contributed by atoms with E-state index in [2.05, 4.69) is 76.7 Å². The maximum Gasteiger partial charge on any atom is 0.246 e. The zero-order chi connectivity index (χ0) is 32.9. The van der Waals surface area contributed by atoms with Gasteiger partial charge in [0.15, 0.2) is 0 Å². The van der Waals surface area contributed by atoms with Gasteiger partial charge < -0.3 is 29.1 Å². The van der Waals surface area contributed by atoms with E-state index in [-0.39, 0.29) is 24.5 Å². The van der Waals surface area contributed by atoms with Crippen LogP contribution >= 0.6 is 0 Å². The number of nitrogens with zero attached hydrogens (tertiary/aromatic N) is 7. The molecule has 2 aromatic carbocycles. The highest BCUT2D eigenvalue weighted by atomic mass is 16.5. The molecule has 1 amide bonds. The van der Waals surface area contributed by atoms with Gasteiger partial charge in [0.2, 0.25) is 11.8 Å². The van der Waals surface area contributed by atoms with Crippen LogP contribution in [0.15, 0.2) is 49.1 Å². The van der Waals surface area contributed by atoms with Gasteiger partial charge in [-0.1, -0.05) is 36.9 Å². The lowest BCUT2D eigenvalue weighted by Crippen LogP contribution is -2.55. The average molecular weight is 634 g/mol. The number of hydrogen-bond donors (Lipinski definition) is 0. The van der Waals surface area contributed by atoms with Crippen LogP contribution in [0.2, 0.25) is 0 Å². The molecule has 0 bridgehead atoms. The van der Waals surface area contributed by atoms with E-state index in [9.17, 15) is 15.3 Å². The fourth-order valence-corrected chi connectivity index (χ4v) is 7.42. The van der Waals surface area contributed by atoms with Crippen molar-refractivity contribution in [3.05, 3.63) is 71.4 Å². The molecule has 1 aromatic heterocycles. The van der Waals surface area contributed by atoms with Crippen LogP contribution < -0.4 is 14.5 Å². The highest BCUT2D eigenvalue weighted by Crippen LogP contribution is 2.40. The van der Waals surface area contributed by atoms with Crippen molar-refractivity contribution in [2.24, 2.45) is 0 Å². The summed E-state index contributed by atoms with van der Waals surface area (Å²) in [5.41, 5.74) is 5.65. The molecule has 1 atom stereocenters. The number of hydrogen-bond acceptors (Lipinski definition) is 9. The summed E-state index contributed by atoms with van der Waals surface area (Å²) < 4.78 is 11.9. The number of rotatable bonds is 9. The van der Waals surface area contributed by atoms with E-state index in [1.54, 1.807) is 12.0 Å². The lowest BCUT2D eigenvalue weighted by Gasteiger charge is -2.43. The fourth-order valence-electron chi connectivity index (χ4n) is 7.42. The second-order valence-corrected chi connectivity index (χ2v) is 12.6. The Labute approximate surface area is 277 Å². The predicted molar refractivity (Wildman–Crippen MR) is 182 cm³/mol. The summed E-state index contributed by atoms with van der Waals surface area (Å²) >= 11 is 0. The molecule has 0 spiro atoms. The van der Waals surface area contributed by atoms with E-state index in [4.69, 9.17) is 14.5 Å². The molecule has 0 unspecified atom stereocenters. The summed E-state index contributed by atoms with van der Waals surface area (Å²) in [7, 11) is 1.72. The number of aromatic nitrogens is 1. The van der Waals surface area contributed by atoms with E-state index in [0.717, 1.165) is 56.0 Å². The molecule has 3 aliphatic heterocycles. The summed E-state index contributed by atoms with van der Waals surface area (Å²) in [6, 6.07) is 17.3. The van der Waals surface area contributed by atoms with Crippen LogP contribution in [0.5, 0.6) is 5.88 Å². The Morgan fingerprint density at radius 1 is 1.09 bits per heavy atom. The van der Waals surface area contributed by atoms with Gasteiger partial charge >= 0.3 is 0 Å². The topological polar surface area (TPSA) is 109 Å². The number of fused-ring (bicyclic) bond motifs is 2. The molecule has 0 radical (unpaired) electrons. The molecule has 3 aliphatic rings. The monoisotopic (exact) mass is 633 g/mol. The minimum absolute atomic E-state index is 0.0481. The maximum absolute atomic E-state index is 12.7. The quantitative estimate of drug-likeness (QED) is 0.313. The molecule has 0 N–H and O–H groups in total. The molecule has 0 saturated carbocycles. The number of nitriles is 2. The first-order valence-corrected chi connectivity index (χ1v) is 16.6. The van der Waals surface area contributed by atoms with E-state index in [1.165, 1.54) is 28.1 Å². The molecule has 10 nitrogen and oxygen atoms in total. The first kappa shape index (κ1) is 32.3. The minimum Gasteiger partial charge on any atom is -0.473 e. The minimum atomic E-state index is -0.311. The van der Waals surface area contributed by atoms with Crippen LogP contribution in [-0.2, 0) is 22.5 Å². The average Bonchev–Trinajstić information content (AvgIpc) is 3.10. The highest BCUT2D eigenvalue weighted by molar-refractivity contribution is 5.97. The van der Waals surface area contributed by atoms with Gasteiger partial charge in [-0.2, -0.15) is 10.5 Å². The van der Waals surface area contributed by atoms with Crippen LogP contribution in [-0.4, -0.2) is 92.4 Å². The summed E-state index contributed by atoms with van der Waals surface area (Å²) in [6.07, 6.45) is 3.86. The van der Waals surface area contributed by atoms with Gasteiger partial charge in [0.05, 0.1) is 43.1 Å². The lowest BCUT2D eigenvalue weighted by atomic mass is 9.95. The SMILES string of the molecule is C=CC(=O)N1CCN(c2c(C#N)c(OC3CCN(CCOC)CC3)nc3c2CCN(c2cccc4cccc(C)c24)C3)C[C@@H]1CC#N. The lowest BCUT2D eigenvalue weighted by molar-refractivity contribution is -0.128. The van der Waals surface area contributed by atoms with E-state index in [0.29, 0.717) is 50.7 Å². The number of ether oxygens (including phenoxy) is 2. The second-order valence-electron chi connectivity index (χ2n) is 12.6. The van der Waals surface area contributed by atoms with Crippen molar-refractivity contribution in [3.63, 3.8) is 0 Å². The zero-order valence-electron chi connectivity index (χ0n) is 27.5. The summed E-state index contributed by atoms with van der Waals surface area (Å²) in [4.78, 5) is 26.5. The number of aryl methyl sites for hydroxylation is 1. The van der Waals surface area contributed by atoms with Gasteiger partial charge in [0.1, 0.15) is 17.7 Å². The van der Waals surface area contributed by atoms with Gasteiger partial charge in [0.25, 0.3) is 0 Å². The van der Waals surface area contributed by atoms with Gasteiger partial charge in [-0.05, 0) is 49.3 Å². The largest absolute Gasteiger partial charge is 0.473 e. The number of pyridine rings is 1. The molecule has 6 rings (SSSR count). The van der Waals surface area contributed by atoms with Crippen molar-refractivity contribution in [1.82, 2.24) is 14.8 Å². The summed E-state index contributed by atoms with van der Waals surface area (Å²) in [5.74, 6) is 0.207. The summed E-state index contributed by atoms with van der Waals surface area (Å²) in [6.45, 7) is 12.0. The van der Waals surface area contributed by atoms with Gasteiger partial charge in [0, 0.05) is 69.6 Å². The van der Waals surface area contributed by atoms with Crippen LogP contribution in [0.1, 0.15) is 41.6 Å². The van der Waals surface area contributed by atoms with Crippen molar-refractivity contribution < 1.29 is 14.3 Å². The van der Waals surface area contributed by atoms with Gasteiger partial charge in [-0.3, -0.25) is 4.79 Å². The molecule has 244 valence electrons. The first-order valence-electron chi connectivity index (χ1n) is 16.6. The number of carbonyl (C=O) groups is 1. The Kier molecular flexibility index (Phi) is 9.91. The van der Waals surface area contributed by atoms with Crippen molar-refractivity contribution in [3.8, 4) is 18.0 Å². The van der Waals surface area contributed by atoms with Crippen molar-refractivity contribution >= 4 is 28.1 Å². The van der Waals surface area contributed by atoms with Crippen molar-refractivity contribution in [2.75, 3.05) is 69.3 Å². The van der Waals surface area contributed by atoms with Crippen LogP contribution in [0.4, 0.5) is 11.4 Å².